The molecule has 0 aliphatic heterocycles. The number of hydrogen-bond acceptors (Lipinski definition) is 5. The molecular weight excluding hydrogens is 494 g/mol. The minimum absolute atomic E-state index is 0.0101. The van der Waals surface area contributed by atoms with Gasteiger partial charge in [0.1, 0.15) is 11.5 Å². The molecule has 0 fully saturated rings. The van der Waals surface area contributed by atoms with Crippen LogP contribution in [0.2, 0.25) is 0 Å². The number of halogens is 1. The van der Waals surface area contributed by atoms with Crippen LogP contribution in [0.4, 0.5) is 0 Å². The Morgan fingerprint density at radius 1 is 1.00 bits per heavy atom. The molecule has 0 unspecified atom stereocenters. The smallest absolute Gasteiger partial charge is 0.276 e. The monoisotopic (exact) mass is 515 g/mol. The SMILES string of the molecule is CC(C)Oc1ccc(C(=O)NC(=S)NNC(=O)COc2cccc3ccccc23)cc1Br. The van der Waals surface area contributed by atoms with E-state index >= 15 is 0 Å². The van der Waals surface area contributed by atoms with Crippen LogP contribution in [0.1, 0.15) is 24.2 Å². The Labute approximate surface area is 199 Å². The lowest BCUT2D eigenvalue weighted by atomic mass is 10.1. The Morgan fingerprint density at radius 3 is 2.50 bits per heavy atom. The molecule has 0 spiro atoms. The molecule has 3 N–H and O–H groups in total. The lowest BCUT2D eigenvalue weighted by Gasteiger charge is -2.14. The van der Waals surface area contributed by atoms with Crippen molar-refractivity contribution < 1.29 is 19.1 Å². The number of ether oxygens (including phenoxy) is 2. The number of nitrogens with one attached hydrogen (secondary N) is 3. The zero-order valence-electron chi connectivity index (χ0n) is 17.5. The van der Waals surface area contributed by atoms with Gasteiger partial charge in [-0.25, -0.2) is 0 Å². The van der Waals surface area contributed by atoms with Gasteiger partial charge in [-0.05, 0) is 71.6 Å². The fraction of sp³-hybridized carbons (Fsp3) is 0.174. The van der Waals surface area contributed by atoms with E-state index in [0.29, 0.717) is 21.5 Å². The van der Waals surface area contributed by atoms with E-state index in [1.54, 1.807) is 24.3 Å². The highest BCUT2D eigenvalue weighted by Crippen LogP contribution is 2.27. The molecule has 0 saturated carbocycles. The van der Waals surface area contributed by atoms with Crippen molar-refractivity contribution in [1.82, 2.24) is 16.2 Å². The molecule has 3 aromatic rings. The third-order valence-electron chi connectivity index (χ3n) is 4.21. The van der Waals surface area contributed by atoms with Gasteiger partial charge in [0.15, 0.2) is 11.7 Å². The lowest BCUT2D eigenvalue weighted by molar-refractivity contribution is -0.123. The van der Waals surface area contributed by atoms with E-state index < -0.39 is 11.8 Å². The number of carbonyl (C=O) groups is 2. The summed E-state index contributed by atoms with van der Waals surface area (Å²) >= 11 is 8.46. The standard InChI is InChI=1S/C23H22BrN3O4S/c1-14(2)31-20-11-10-16(12-18(20)24)22(29)25-23(32)27-26-21(28)13-30-19-9-5-7-15-6-3-4-8-17(15)19/h3-12,14H,13H2,1-2H3,(H,26,28)(H2,25,27,29,32). The highest BCUT2D eigenvalue weighted by atomic mass is 79.9. The Kier molecular flexibility index (Phi) is 8.02. The van der Waals surface area contributed by atoms with Gasteiger partial charge in [0.25, 0.3) is 11.8 Å². The van der Waals surface area contributed by atoms with E-state index in [9.17, 15) is 9.59 Å². The zero-order valence-corrected chi connectivity index (χ0v) is 19.9. The lowest BCUT2D eigenvalue weighted by Crippen LogP contribution is -2.49. The average Bonchev–Trinajstić information content (AvgIpc) is 2.77. The fourth-order valence-electron chi connectivity index (χ4n) is 2.83. The van der Waals surface area contributed by atoms with Crippen LogP contribution < -0.4 is 25.6 Å². The van der Waals surface area contributed by atoms with Crippen molar-refractivity contribution in [2.24, 2.45) is 0 Å². The van der Waals surface area contributed by atoms with Crippen LogP contribution in [0.15, 0.2) is 65.1 Å². The van der Waals surface area contributed by atoms with Gasteiger partial charge in [-0.1, -0.05) is 36.4 Å². The van der Waals surface area contributed by atoms with E-state index in [-0.39, 0.29) is 17.8 Å². The van der Waals surface area contributed by atoms with Crippen molar-refractivity contribution >= 4 is 55.8 Å². The van der Waals surface area contributed by atoms with E-state index in [1.807, 2.05) is 50.2 Å². The van der Waals surface area contributed by atoms with Gasteiger partial charge in [0.05, 0.1) is 10.6 Å². The minimum atomic E-state index is -0.451. The van der Waals surface area contributed by atoms with Crippen molar-refractivity contribution in [3.63, 3.8) is 0 Å². The molecule has 0 bridgehead atoms. The normalized spacial score (nSPS) is 10.5. The number of fused-ring (bicyclic) bond motifs is 1. The molecule has 9 heteroatoms. The highest BCUT2D eigenvalue weighted by Gasteiger charge is 2.12. The Hall–Kier alpha value is -3.17. The summed E-state index contributed by atoms with van der Waals surface area (Å²) in [6.45, 7) is 3.61. The maximum atomic E-state index is 12.4. The molecule has 0 aromatic heterocycles. The largest absolute Gasteiger partial charge is 0.490 e. The number of rotatable bonds is 6. The summed E-state index contributed by atoms with van der Waals surface area (Å²) < 4.78 is 11.9. The third kappa shape index (κ3) is 6.41. The van der Waals surface area contributed by atoms with Crippen molar-refractivity contribution in [2.45, 2.75) is 20.0 Å². The molecule has 0 heterocycles. The second kappa shape index (κ2) is 10.9. The first-order chi connectivity index (χ1) is 15.3. The average molecular weight is 516 g/mol. The molecular formula is C23H22BrN3O4S. The molecule has 0 atom stereocenters. The topological polar surface area (TPSA) is 88.7 Å². The van der Waals surface area contributed by atoms with Crippen LogP contribution in [0.3, 0.4) is 0 Å². The van der Waals surface area contributed by atoms with Gasteiger partial charge in [-0.3, -0.25) is 25.8 Å². The van der Waals surface area contributed by atoms with Gasteiger partial charge in [0, 0.05) is 10.9 Å². The Morgan fingerprint density at radius 2 is 1.75 bits per heavy atom. The maximum absolute atomic E-state index is 12.4. The van der Waals surface area contributed by atoms with Gasteiger partial charge >= 0.3 is 0 Å². The predicted molar refractivity (Wildman–Crippen MR) is 131 cm³/mol. The van der Waals surface area contributed by atoms with Crippen LogP contribution in [0, 0.1) is 0 Å². The summed E-state index contributed by atoms with van der Waals surface area (Å²) in [5.41, 5.74) is 5.27. The van der Waals surface area contributed by atoms with Crippen LogP contribution in [0.5, 0.6) is 11.5 Å². The Bertz CT molecular complexity index is 1150. The fourth-order valence-corrected chi connectivity index (χ4v) is 3.44. The van der Waals surface area contributed by atoms with Gasteiger partial charge in [0.2, 0.25) is 0 Å². The summed E-state index contributed by atoms with van der Waals surface area (Å²) in [4.78, 5) is 24.5. The number of amides is 2. The first-order valence-electron chi connectivity index (χ1n) is 9.80. The summed E-state index contributed by atoms with van der Waals surface area (Å²) in [7, 11) is 0. The van der Waals surface area contributed by atoms with E-state index in [1.165, 1.54) is 0 Å². The predicted octanol–water partition coefficient (Wildman–Crippen LogP) is 4.10. The number of benzene rings is 3. The quantitative estimate of drug-likeness (QED) is 0.338. The van der Waals surface area contributed by atoms with Crippen LogP contribution in [-0.2, 0) is 4.79 Å². The van der Waals surface area contributed by atoms with Crippen LogP contribution >= 0.6 is 28.1 Å². The van der Waals surface area contributed by atoms with Crippen molar-refractivity contribution in [3.8, 4) is 11.5 Å². The van der Waals surface area contributed by atoms with Gasteiger partial charge in [-0.2, -0.15) is 0 Å². The molecule has 32 heavy (non-hydrogen) atoms. The van der Waals surface area contributed by atoms with Gasteiger partial charge in [-0.15, -0.1) is 0 Å². The molecule has 0 aliphatic carbocycles. The molecule has 0 aliphatic rings. The summed E-state index contributed by atoms with van der Waals surface area (Å²) in [6, 6.07) is 18.3. The number of thiocarbonyl (C=S) groups is 1. The first kappa shape index (κ1) is 23.5. The Balaban J connectivity index is 1.47. The van der Waals surface area contributed by atoms with Gasteiger partial charge < -0.3 is 9.47 Å². The van der Waals surface area contributed by atoms with Crippen LogP contribution in [0.25, 0.3) is 10.8 Å². The molecule has 166 valence electrons. The summed E-state index contributed by atoms with van der Waals surface area (Å²) in [6.07, 6.45) is 0.0101. The van der Waals surface area contributed by atoms with Crippen LogP contribution in [-0.4, -0.2) is 29.6 Å². The molecule has 3 rings (SSSR count). The molecule has 0 radical (unpaired) electrons. The number of hydrogen-bond donors (Lipinski definition) is 3. The first-order valence-corrected chi connectivity index (χ1v) is 11.0. The summed E-state index contributed by atoms with van der Waals surface area (Å²) in [5.74, 6) is 0.355. The molecule has 7 nitrogen and oxygen atoms in total. The zero-order chi connectivity index (χ0) is 23.1. The summed E-state index contributed by atoms with van der Waals surface area (Å²) in [5, 5.41) is 4.38. The van der Waals surface area contributed by atoms with Crippen molar-refractivity contribution in [2.75, 3.05) is 6.61 Å². The molecule has 2 amide bonds. The van der Waals surface area contributed by atoms with E-state index in [0.717, 1.165) is 10.8 Å². The third-order valence-corrected chi connectivity index (χ3v) is 5.03. The maximum Gasteiger partial charge on any atom is 0.276 e. The van der Waals surface area contributed by atoms with E-state index in [2.05, 4.69) is 32.1 Å². The second-order valence-corrected chi connectivity index (χ2v) is 8.30. The number of carbonyl (C=O) groups excluding carboxylic acids is 2. The highest BCUT2D eigenvalue weighted by molar-refractivity contribution is 9.10. The number of hydrazine groups is 1. The molecule has 3 aromatic carbocycles. The minimum Gasteiger partial charge on any atom is -0.490 e. The molecule has 0 saturated heterocycles. The van der Waals surface area contributed by atoms with Crippen molar-refractivity contribution in [3.05, 3.63) is 70.7 Å². The second-order valence-electron chi connectivity index (χ2n) is 7.03. The van der Waals surface area contributed by atoms with Crippen molar-refractivity contribution in [1.29, 1.82) is 0 Å². The van der Waals surface area contributed by atoms with E-state index in [4.69, 9.17) is 21.7 Å².